The van der Waals surface area contributed by atoms with Gasteiger partial charge in [-0.25, -0.2) is 13.5 Å². The van der Waals surface area contributed by atoms with Gasteiger partial charge in [-0.15, -0.1) is 0 Å². The number of likely N-dealkylation sites (N-methyl/N-ethyl adjacent to an activating group) is 2. The number of hydrogen-bond donors (Lipinski definition) is 2. The molecule has 0 unspecified atom stereocenters. The second-order valence-corrected chi connectivity index (χ2v) is 9.15. The molecule has 1 fully saturated rings. The third-order valence-electron chi connectivity index (χ3n) is 6.55. The third kappa shape index (κ3) is 5.71. The van der Waals surface area contributed by atoms with Crippen molar-refractivity contribution in [1.82, 2.24) is 30.2 Å². The van der Waals surface area contributed by atoms with Crippen LogP contribution in [-0.4, -0.2) is 77.1 Å². The SMILES string of the molecule is CNC[C@H]1CN(c2c(NC(=O)c3ccn(-c4ccnnc4)n3)cc(F)c(Oc3ccccc3)c2F)CCN1C. The molecule has 1 saturated heterocycles. The van der Waals surface area contributed by atoms with E-state index in [-0.39, 0.29) is 23.1 Å². The van der Waals surface area contributed by atoms with Crippen molar-refractivity contribution in [1.29, 1.82) is 0 Å². The Morgan fingerprint density at radius 2 is 1.95 bits per heavy atom. The van der Waals surface area contributed by atoms with Gasteiger partial charge >= 0.3 is 0 Å². The minimum atomic E-state index is -0.940. The van der Waals surface area contributed by atoms with Crippen molar-refractivity contribution < 1.29 is 18.3 Å². The number of benzene rings is 2. The third-order valence-corrected chi connectivity index (χ3v) is 6.55. The average Bonchev–Trinajstić information content (AvgIpc) is 3.45. The highest BCUT2D eigenvalue weighted by Gasteiger charge is 2.31. The predicted molar refractivity (Wildman–Crippen MR) is 143 cm³/mol. The number of nitrogens with one attached hydrogen (secondary N) is 2. The summed E-state index contributed by atoms with van der Waals surface area (Å²) in [5, 5.41) is 17.6. The maximum atomic E-state index is 16.1. The number of para-hydroxylation sites is 1. The zero-order valence-corrected chi connectivity index (χ0v) is 21.5. The average molecular weight is 535 g/mol. The number of hydrogen-bond acceptors (Lipinski definition) is 8. The van der Waals surface area contributed by atoms with Crippen molar-refractivity contribution in [3.05, 3.63) is 84.4 Å². The number of nitrogens with zero attached hydrogens (tertiary/aromatic N) is 6. The van der Waals surface area contributed by atoms with Crippen molar-refractivity contribution in [3.8, 4) is 17.2 Å². The highest BCUT2D eigenvalue weighted by atomic mass is 19.1. The van der Waals surface area contributed by atoms with Gasteiger partial charge in [0.05, 0.1) is 23.8 Å². The molecule has 0 radical (unpaired) electrons. The fourth-order valence-corrected chi connectivity index (χ4v) is 4.50. The molecule has 4 aromatic rings. The molecule has 0 bridgehead atoms. The molecule has 2 aromatic carbocycles. The molecule has 3 heterocycles. The van der Waals surface area contributed by atoms with E-state index >= 15 is 8.78 Å². The molecule has 5 rings (SSSR count). The summed E-state index contributed by atoms with van der Waals surface area (Å²) in [7, 11) is 3.85. The van der Waals surface area contributed by atoms with E-state index in [2.05, 4.69) is 30.8 Å². The molecular weight excluding hydrogens is 506 g/mol. The molecule has 1 atom stereocenters. The Kier molecular flexibility index (Phi) is 7.75. The number of amides is 1. The van der Waals surface area contributed by atoms with Gasteiger partial charge in [0.25, 0.3) is 5.91 Å². The Hall–Kier alpha value is -4.42. The Labute approximate surface area is 224 Å². The molecule has 0 aliphatic carbocycles. The summed E-state index contributed by atoms with van der Waals surface area (Å²) in [5.41, 5.74) is 0.720. The molecule has 1 aliphatic rings. The molecule has 2 N–H and O–H groups in total. The van der Waals surface area contributed by atoms with E-state index in [1.54, 1.807) is 42.6 Å². The summed E-state index contributed by atoms with van der Waals surface area (Å²) in [5.74, 6) is -2.69. The molecule has 0 saturated carbocycles. The van der Waals surface area contributed by atoms with Crippen LogP contribution in [0.25, 0.3) is 5.69 Å². The fraction of sp³-hybridized carbons (Fsp3) is 0.259. The van der Waals surface area contributed by atoms with E-state index in [0.29, 0.717) is 37.6 Å². The molecule has 1 aliphatic heterocycles. The first kappa shape index (κ1) is 26.2. The van der Waals surface area contributed by atoms with Crippen LogP contribution in [0.2, 0.25) is 0 Å². The minimum absolute atomic E-state index is 0.0108. The van der Waals surface area contributed by atoms with Crippen molar-refractivity contribution in [2.75, 3.05) is 50.5 Å². The zero-order chi connectivity index (χ0) is 27.4. The normalized spacial score (nSPS) is 15.8. The van der Waals surface area contributed by atoms with Crippen molar-refractivity contribution in [3.63, 3.8) is 0 Å². The Morgan fingerprint density at radius 1 is 1.13 bits per heavy atom. The Bertz CT molecular complexity index is 1430. The van der Waals surface area contributed by atoms with Gasteiger partial charge in [-0.1, -0.05) is 18.2 Å². The summed E-state index contributed by atoms with van der Waals surface area (Å²) >= 11 is 0. The van der Waals surface area contributed by atoms with Crippen molar-refractivity contribution in [2.24, 2.45) is 0 Å². The summed E-state index contributed by atoms with van der Waals surface area (Å²) in [6.07, 6.45) is 4.59. The van der Waals surface area contributed by atoms with E-state index in [1.165, 1.54) is 23.1 Å². The van der Waals surface area contributed by atoms with E-state index in [1.807, 2.05) is 19.0 Å². The second-order valence-electron chi connectivity index (χ2n) is 9.15. The van der Waals surface area contributed by atoms with Crippen LogP contribution >= 0.6 is 0 Å². The van der Waals surface area contributed by atoms with E-state index in [0.717, 1.165) is 6.07 Å². The number of anilines is 2. The van der Waals surface area contributed by atoms with Crippen molar-refractivity contribution in [2.45, 2.75) is 6.04 Å². The standard InChI is InChI=1S/C27H28F2N8O2/c1-30-15-19-17-36(13-12-35(19)2)25-23(14-21(28)26(24(25)29)39-20-6-4-3-5-7-20)33-27(38)22-9-11-37(34-22)18-8-10-31-32-16-18/h3-11,14,16,19,30H,12-13,15,17H2,1-2H3,(H,33,38)/t19-/m0/s1. The van der Waals surface area contributed by atoms with Crippen LogP contribution in [0.1, 0.15) is 10.5 Å². The largest absolute Gasteiger partial charge is 0.451 e. The number of halogens is 2. The number of piperazine rings is 1. The molecule has 202 valence electrons. The summed E-state index contributed by atoms with van der Waals surface area (Å²) in [6.45, 7) is 2.25. The van der Waals surface area contributed by atoms with Gasteiger partial charge in [0.1, 0.15) is 11.4 Å². The predicted octanol–water partition coefficient (Wildman–Crippen LogP) is 3.32. The van der Waals surface area contributed by atoms with Crippen LogP contribution in [0.3, 0.4) is 0 Å². The van der Waals surface area contributed by atoms with E-state index in [4.69, 9.17) is 4.74 Å². The molecule has 12 heteroatoms. The lowest BCUT2D eigenvalue weighted by Gasteiger charge is -2.41. The minimum Gasteiger partial charge on any atom is -0.451 e. The van der Waals surface area contributed by atoms with E-state index < -0.39 is 23.3 Å². The first-order valence-electron chi connectivity index (χ1n) is 12.4. The highest BCUT2D eigenvalue weighted by Crippen LogP contribution is 2.40. The fourth-order valence-electron chi connectivity index (χ4n) is 4.50. The van der Waals surface area contributed by atoms with Gasteiger partial charge in [0, 0.05) is 44.5 Å². The number of carbonyl (C=O) groups excluding carboxylic acids is 1. The summed E-state index contributed by atoms with van der Waals surface area (Å²) in [6, 6.07) is 12.8. The number of rotatable bonds is 8. The zero-order valence-electron chi connectivity index (χ0n) is 21.5. The van der Waals surface area contributed by atoms with Gasteiger partial charge in [-0.2, -0.15) is 15.3 Å². The van der Waals surface area contributed by atoms with Crippen LogP contribution < -0.4 is 20.3 Å². The maximum Gasteiger partial charge on any atom is 0.276 e. The first-order chi connectivity index (χ1) is 18.9. The van der Waals surface area contributed by atoms with Crippen LogP contribution in [0.5, 0.6) is 11.5 Å². The molecular formula is C27H28F2N8O2. The summed E-state index contributed by atoms with van der Waals surface area (Å²) in [4.78, 5) is 17.2. The molecule has 1 amide bonds. The second kappa shape index (κ2) is 11.5. The molecule has 0 spiro atoms. The molecule has 10 nitrogen and oxygen atoms in total. The topological polar surface area (TPSA) is 100 Å². The van der Waals surface area contributed by atoms with Gasteiger partial charge in [-0.05, 0) is 38.4 Å². The number of carbonyl (C=O) groups is 1. The molecule has 39 heavy (non-hydrogen) atoms. The van der Waals surface area contributed by atoms with Gasteiger partial charge in [0.2, 0.25) is 5.75 Å². The number of ether oxygens (including phenoxy) is 1. The maximum absolute atomic E-state index is 16.1. The van der Waals surface area contributed by atoms with Gasteiger partial charge < -0.3 is 20.3 Å². The lowest BCUT2D eigenvalue weighted by Crippen LogP contribution is -2.55. The Morgan fingerprint density at radius 3 is 2.69 bits per heavy atom. The smallest absolute Gasteiger partial charge is 0.276 e. The Balaban J connectivity index is 1.50. The number of aromatic nitrogens is 4. The van der Waals surface area contributed by atoms with Crippen LogP contribution in [0, 0.1) is 11.6 Å². The monoisotopic (exact) mass is 534 g/mol. The van der Waals surface area contributed by atoms with Gasteiger partial charge in [0.15, 0.2) is 17.3 Å². The highest BCUT2D eigenvalue weighted by molar-refractivity contribution is 6.05. The molecule has 2 aromatic heterocycles. The summed E-state index contributed by atoms with van der Waals surface area (Å²) < 4.78 is 38.5. The quantitative estimate of drug-likeness (QED) is 0.355. The van der Waals surface area contributed by atoms with Crippen molar-refractivity contribution >= 4 is 17.3 Å². The van der Waals surface area contributed by atoms with Crippen LogP contribution in [-0.2, 0) is 0 Å². The van der Waals surface area contributed by atoms with E-state index in [9.17, 15) is 4.79 Å². The first-order valence-corrected chi connectivity index (χ1v) is 12.4. The van der Waals surface area contributed by atoms with Crippen LogP contribution in [0.4, 0.5) is 20.2 Å². The van der Waals surface area contributed by atoms with Gasteiger partial charge in [-0.3, -0.25) is 9.69 Å². The lowest BCUT2D eigenvalue weighted by molar-refractivity contribution is 0.102. The van der Waals surface area contributed by atoms with Crippen LogP contribution in [0.15, 0.2) is 67.1 Å². The lowest BCUT2D eigenvalue weighted by atomic mass is 10.1.